The van der Waals surface area contributed by atoms with Crippen LogP contribution in [-0.4, -0.2) is 55.8 Å². The molecule has 1 saturated heterocycles. The molecule has 0 bridgehead atoms. The van der Waals surface area contributed by atoms with Crippen LogP contribution in [0.15, 0.2) is 30.3 Å². The molecular weight excluding hydrogens is 324 g/mol. The molecule has 0 radical (unpaired) electrons. The van der Waals surface area contributed by atoms with Gasteiger partial charge in [0, 0.05) is 31.6 Å². The lowest BCUT2D eigenvalue weighted by Crippen LogP contribution is -2.53. The van der Waals surface area contributed by atoms with Gasteiger partial charge in [0.25, 0.3) is 11.8 Å². The van der Waals surface area contributed by atoms with Gasteiger partial charge >= 0.3 is 0 Å². The number of hydrogen-bond acceptors (Lipinski definition) is 6. The van der Waals surface area contributed by atoms with Crippen molar-refractivity contribution >= 4 is 17.5 Å². The number of benzene rings is 1. The fourth-order valence-electron chi connectivity index (χ4n) is 2.70. The van der Waals surface area contributed by atoms with E-state index >= 15 is 0 Å². The first-order valence-corrected chi connectivity index (χ1v) is 8.19. The lowest BCUT2D eigenvalue weighted by atomic mass is 10.0. The van der Waals surface area contributed by atoms with Crippen molar-refractivity contribution in [3.8, 4) is 0 Å². The van der Waals surface area contributed by atoms with Crippen LogP contribution in [0.1, 0.15) is 19.2 Å². The van der Waals surface area contributed by atoms with Crippen LogP contribution in [-0.2, 0) is 22.6 Å². The number of para-hydroxylation sites is 1. The Morgan fingerprint density at radius 2 is 2.12 bits per heavy atom. The van der Waals surface area contributed by atoms with Crippen molar-refractivity contribution < 1.29 is 14.7 Å². The van der Waals surface area contributed by atoms with Crippen molar-refractivity contribution in [2.24, 2.45) is 0 Å². The molecule has 1 aliphatic heterocycles. The second-order valence-corrected chi connectivity index (χ2v) is 5.81. The number of aryl methyl sites for hydroxylation is 1. The minimum absolute atomic E-state index is 0.0497. The fourth-order valence-corrected chi connectivity index (χ4v) is 2.70. The van der Waals surface area contributed by atoms with Crippen LogP contribution in [0.3, 0.4) is 0 Å². The first-order valence-electron chi connectivity index (χ1n) is 8.19. The number of hydrogen-bond donors (Lipinski definition) is 2. The van der Waals surface area contributed by atoms with E-state index in [0.717, 1.165) is 0 Å². The quantitative estimate of drug-likeness (QED) is 0.684. The van der Waals surface area contributed by atoms with Crippen molar-refractivity contribution in [2.75, 3.05) is 18.0 Å². The van der Waals surface area contributed by atoms with Crippen LogP contribution in [0.25, 0.3) is 0 Å². The molecule has 0 saturated carbocycles. The maximum absolute atomic E-state index is 12.5. The minimum atomic E-state index is -2.04. The Bertz CT molecular complexity index is 762. The van der Waals surface area contributed by atoms with E-state index in [2.05, 4.69) is 20.7 Å². The smallest absolute Gasteiger partial charge is 0.268 e. The minimum Gasteiger partial charge on any atom is -0.372 e. The number of amides is 2. The number of aromatic nitrogens is 4. The predicted molar refractivity (Wildman–Crippen MR) is 88.6 cm³/mol. The Hall–Kier alpha value is -2.81. The van der Waals surface area contributed by atoms with Gasteiger partial charge in [0.1, 0.15) is 0 Å². The van der Waals surface area contributed by atoms with Gasteiger partial charge in [0.15, 0.2) is 5.82 Å². The van der Waals surface area contributed by atoms with E-state index in [1.807, 2.05) is 13.0 Å². The summed E-state index contributed by atoms with van der Waals surface area (Å²) in [6.45, 7) is 2.71. The second-order valence-electron chi connectivity index (χ2n) is 5.81. The number of aliphatic hydroxyl groups is 1. The number of rotatable bonds is 6. The lowest BCUT2D eigenvalue weighted by Gasteiger charge is -2.21. The van der Waals surface area contributed by atoms with E-state index in [1.165, 1.54) is 9.70 Å². The van der Waals surface area contributed by atoms with Gasteiger partial charge in [-0.3, -0.25) is 9.59 Å². The van der Waals surface area contributed by atoms with Crippen molar-refractivity contribution in [2.45, 2.75) is 31.9 Å². The van der Waals surface area contributed by atoms with E-state index in [-0.39, 0.29) is 19.5 Å². The van der Waals surface area contributed by atoms with Gasteiger partial charge in [-0.2, -0.15) is 4.80 Å². The third-order valence-corrected chi connectivity index (χ3v) is 4.15. The summed E-state index contributed by atoms with van der Waals surface area (Å²) in [6.07, 6.45) is 0.726. The van der Waals surface area contributed by atoms with E-state index in [9.17, 15) is 14.7 Å². The van der Waals surface area contributed by atoms with Gasteiger partial charge in [-0.05, 0) is 17.3 Å². The molecule has 9 nitrogen and oxygen atoms in total. The SMILES string of the molecule is CCc1nnn(CCNC(=O)[C@]2(O)CCN(c3ccccc3)C2=O)n1. The molecule has 0 aliphatic carbocycles. The van der Waals surface area contributed by atoms with Gasteiger partial charge in [-0.25, -0.2) is 0 Å². The molecule has 1 aromatic heterocycles. The van der Waals surface area contributed by atoms with Crippen LogP contribution < -0.4 is 10.2 Å². The first-order chi connectivity index (χ1) is 12.0. The van der Waals surface area contributed by atoms with Crippen LogP contribution in [0.5, 0.6) is 0 Å². The first kappa shape index (κ1) is 17.0. The molecule has 0 spiro atoms. The average Bonchev–Trinajstić information content (AvgIpc) is 3.21. The normalized spacial score (nSPS) is 20.1. The van der Waals surface area contributed by atoms with Crippen LogP contribution in [0.2, 0.25) is 0 Å². The van der Waals surface area contributed by atoms with Crippen molar-refractivity contribution in [1.29, 1.82) is 0 Å². The highest BCUT2D eigenvalue weighted by atomic mass is 16.3. The summed E-state index contributed by atoms with van der Waals surface area (Å²) >= 11 is 0. The number of nitrogens with zero attached hydrogens (tertiary/aromatic N) is 5. The molecule has 2 N–H and O–H groups in total. The van der Waals surface area contributed by atoms with Gasteiger partial charge in [0.2, 0.25) is 5.60 Å². The van der Waals surface area contributed by atoms with Gasteiger partial charge in [0.05, 0.1) is 6.54 Å². The predicted octanol–water partition coefficient (Wildman–Crippen LogP) is -0.480. The third kappa shape index (κ3) is 3.36. The van der Waals surface area contributed by atoms with Crippen molar-refractivity contribution in [3.63, 3.8) is 0 Å². The Morgan fingerprint density at radius 1 is 1.36 bits per heavy atom. The van der Waals surface area contributed by atoms with Crippen molar-refractivity contribution in [3.05, 3.63) is 36.2 Å². The molecule has 1 fully saturated rings. The monoisotopic (exact) mass is 344 g/mol. The zero-order valence-corrected chi connectivity index (χ0v) is 13.9. The zero-order chi connectivity index (χ0) is 17.9. The number of nitrogens with one attached hydrogen (secondary N) is 1. The standard InChI is InChI=1S/C16H20N6O3/c1-2-13-18-20-22(19-13)11-9-17-14(23)16(25)8-10-21(15(16)24)12-6-4-3-5-7-12/h3-7,25H,2,8-11H2,1H3,(H,17,23)/t16-/m1/s1. The molecular formula is C16H20N6O3. The molecule has 3 rings (SSSR count). The van der Waals surface area contributed by atoms with Gasteiger partial charge in [-0.15, -0.1) is 10.2 Å². The Kier molecular flexibility index (Phi) is 4.75. The van der Waals surface area contributed by atoms with E-state index < -0.39 is 17.4 Å². The number of tetrazole rings is 1. The number of anilines is 1. The van der Waals surface area contributed by atoms with Crippen LogP contribution >= 0.6 is 0 Å². The Morgan fingerprint density at radius 3 is 2.80 bits per heavy atom. The molecule has 1 atom stereocenters. The van der Waals surface area contributed by atoms with Gasteiger partial charge < -0.3 is 15.3 Å². The lowest BCUT2D eigenvalue weighted by molar-refractivity contribution is -0.149. The van der Waals surface area contributed by atoms with Crippen molar-refractivity contribution in [1.82, 2.24) is 25.5 Å². The maximum Gasteiger partial charge on any atom is 0.268 e. The second kappa shape index (κ2) is 6.98. The summed E-state index contributed by atoms with van der Waals surface area (Å²) in [4.78, 5) is 27.6. The zero-order valence-electron chi connectivity index (χ0n) is 13.9. The molecule has 132 valence electrons. The molecule has 1 aliphatic rings. The highest BCUT2D eigenvalue weighted by Crippen LogP contribution is 2.28. The fraction of sp³-hybridized carbons (Fsp3) is 0.438. The summed E-state index contributed by atoms with van der Waals surface area (Å²) in [5, 5.41) is 24.9. The average molecular weight is 344 g/mol. The van der Waals surface area contributed by atoms with Gasteiger partial charge in [-0.1, -0.05) is 25.1 Å². The highest BCUT2D eigenvalue weighted by molar-refractivity contribution is 6.16. The Balaban J connectivity index is 1.58. The summed E-state index contributed by atoms with van der Waals surface area (Å²) in [5.74, 6) is -0.690. The molecule has 9 heteroatoms. The summed E-state index contributed by atoms with van der Waals surface area (Å²) in [5.41, 5.74) is -1.38. The molecule has 25 heavy (non-hydrogen) atoms. The topological polar surface area (TPSA) is 113 Å². The molecule has 2 amide bonds. The number of carbonyl (C=O) groups is 2. The summed E-state index contributed by atoms with van der Waals surface area (Å²) in [6, 6.07) is 8.98. The largest absolute Gasteiger partial charge is 0.372 e. The van der Waals surface area contributed by atoms with E-state index in [4.69, 9.17) is 0 Å². The van der Waals surface area contributed by atoms with E-state index in [1.54, 1.807) is 24.3 Å². The summed E-state index contributed by atoms with van der Waals surface area (Å²) in [7, 11) is 0. The summed E-state index contributed by atoms with van der Waals surface area (Å²) < 4.78 is 0. The maximum atomic E-state index is 12.5. The van der Waals surface area contributed by atoms with E-state index in [0.29, 0.717) is 24.5 Å². The molecule has 2 aromatic rings. The number of carbonyl (C=O) groups excluding carboxylic acids is 2. The molecule has 0 unspecified atom stereocenters. The van der Waals surface area contributed by atoms with Crippen LogP contribution in [0.4, 0.5) is 5.69 Å². The highest BCUT2D eigenvalue weighted by Gasteiger charge is 2.51. The van der Waals surface area contributed by atoms with Crippen LogP contribution in [0, 0.1) is 0 Å². The molecule has 2 heterocycles. The molecule has 1 aromatic carbocycles. The third-order valence-electron chi connectivity index (χ3n) is 4.15. The Labute approximate surface area is 144 Å².